The number of ether oxygens (including phenoxy) is 2. The number of carbonyl (C=O) groups excluding carboxylic acids is 1. The second-order valence-electron chi connectivity index (χ2n) is 6.82. The Labute approximate surface area is 170 Å². The van der Waals surface area contributed by atoms with Crippen molar-refractivity contribution in [3.05, 3.63) is 72.4 Å². The van der Waals surface area contributed by atoms with Crippen molar-refractivity contribution in [3.8, 4) is 11.5 Å². The van der Waals surface area contributed by atoms with E-state index in [1.54, 1.807) is 19.4 Å². The number of benzene rings is 2. The van der Waals surface area contributed by atoms with Gasteiger partial charge in [-0.15, -0.1) is 0 Å². The van der Waals surface area contributed by atoms with E-state index < -0.39 is 0 Å². The summed E-state index contributed by atoms with van der Waals surface area (Å²) in [5.74, 6) is 1.98. The van der Waals surface area contributed by atoms with Gasteiger partial charge in [-0.25, -0.2) is 4.98 Å². The fourth-order valence-electron chi connectivity index (χ4n) is 2.71. The summed E-state index contributed by atoms with van der Waals surface area (Å²) >= 11 is 0. The number of carbonyl (C=O) groups is 1. The third-order valence-corrected chi connectivity index (χ3v) is 4.07. The minimum Gasteiger partial charge on any atom is -0.497 e. The van der Waals surface area contributed by atoms with Gasteiger partial charge in [-0.3, -0.25) is 4.79 Å². The van der Waals surface area contributed by atoms with Crippen LogP contribution < -0.4 is 20.1 Å². The van der Waals surface area contributed by atoms with Crippen LogP contribution in [0.2, 0.25) is 0 Å². The molecule has 3 rings (SSSR count). The summed E-state index contributed by atoms with van der Waals surface area (Å²) < 4.78 is 10.8. The normalized spacial score (nSPS) is 10.5. The van der Waals surface area contributed by atoms with Crippen LogP contribution >= 0.6 is 0 Å². The van der Waals surface area contributed by atoms with Crippen LogP contribution in [0.15, 0.2) is 66.9 Å². The molecule has 0 unspecified atom stereocenters. The molecule has 0 atom stereocenters. The Morgan fingerprint density at radius 2 is 1.59 bits per heavy atom. The van der Waals surface area contributed by atoms with Crippen LogP contribution in [0.5, 0.6) is 11.5 Å². The number of hydrogen-bond donors (Lipinski definition) is 2. The first-order valence-corrected chi connectivity index (χ1v) is 9.44. The lowest BCUT2D eigenvalue weighted by molar-refractivity contribution is -0.115. The molecule has 0 aliphatic carbocycles. The van der Waals surface area contributed by atoms with Crippen molar-refractivity contribution < 1.29 is 14.3 Å². The molecular weight excluding hydrogens is 366 g/mol. The lowest BCUT2D eigenvalue weighted by Crippen LogP contribution is -2.15. The molecule has 0 spiro atoms. The van der Waals surface area contributed by atoms with Crippen LogP contribution in [0, 0.1) is 0 Å². The van der Waals surface area contributed by atoms with Gasteiger partial charge in [0, 0.05) is 5.69 Å². The maximum Gasteiger partial charge on any atom is 0.229 e. The Kier molecular flexibility index (Phi) is 6.68. The number of methoxy groups -OCH3 is 1. The molecule has 0 aliphatic rings. The van der Waals surface area contributed by atoms with E-state index in [1.165, 1.54) is 0 Å². The summed E-state index contributed by atoms with van der Waals surface area (Å²) in [7, 11) is 1.61. The average Bonchev–Trinajstić information content (AvgIpc) is 2.71. The first-order chi connectivity index (χ1) is 14.0. The van der Waals surface area contributed by atoms with Crippen molar-refractivity contribution in [2.24, 2.45) is 0 Å². The molecule has 3 aromatic rings. The molecule has 0 bridgehead atoms. The van der Waals surface area contributed by atoms with Gasteiger partial charge in [0.1, 0.15) is 17.3 Å². The largest absolute Gasteiger partial charge is 0.497 e. The number of rotatable bonds is 8. The zero-order valence-electron chi connectivity index (χ0n) is 16.8. The average molecular weight is 391 g/mol. The number of pyridine rings is 1. The van der Waals surface area contributed by atoms with E-state index in [1.807, 2.05) is 68.4 Å². The summed E-state index contributed by atoms with van der Waals surface area (Å²) in [5, 5.41) is 6.08. The maximum atomic E-state index is 12.2. The minimum atomic E-state index is -0.121. The molecule has 1 amide bonds. The highest BCUT2D eigenvalue weighted by Gasteiger charge is 2.06. The number of hydrogen-bond acceptors (Lipinski definition) is 5. The maximum absolute atomic E-state index is 12.2. The lowest BCUT2D eigenvalue weighted by atomic mass is 10.1. The summed E-state index contributed by atoms with van der Waals surface area (Å²) in [6, 6.07) is 18.8. The molecule has 0 radical (unpaired) electrons. The predicted molar refractivity (Wildman–Crippen MR) is 115 cm³/mol. The molecule has 2 N–H and O–H groups in total. The van der Waals surface area contributed by atoms with E-state index in [4.69, 9.17) is 9.47 Å². The van der Waals surface area contributed by atoms with Gasteiger partial charge < -0.3 is 20.1 Å². The molecule has 6 nitrogen and oxygen atoms in total. The third kappa shape index (κ3) is 6.24. The SMILES string of the molecule is COc1ccc(CC(=O)Nc2ccc(Nc3ccc(OC(C)C)cc3)cn2)cc1. The molecule has 150 valence electrons. The van der Waals surface area contributed by atoms with Gasteiger partial charge >= 0.3 is 0 Å². The third-order valence-electron chi connectivity index (χ3n) is 4.07. The van der Waals surface area contributed by atoms with Crippen LogP contribution in [-0.4, -0.2) is 24.1 Å². The second kappa shape index (κ2) is 9.59. The number of amides is 1. The van der Waals surface area contributed by atoms with Crippen molar-refractivity contribution in [2.45, 2.75) is 26.4 Å². The standard InChI is InChI=1S/C23H25N3O3/c1-16(2)29-21-11-6-18(7-12-21)25-19-8-13-22(24-15-19)26-23(27)14-17-4-9-20(28-3)10-5-17/h4-13,15-16,25H,14H2,1-3H3,(H,24,26,27). The summed E-state index contributed by atoms with van der Waals surface area (Å²) in [5.41, 5.74) is 2.67. The summed E-state index contributed by atoms with van der Waals surface area (Å²) in [6.07, 6.45) is 2.10. The van der Waals surface area contributed by atoms with Gasteiger partial charge in [0.25, 0.3) is 0 Å². The Morgan fingerprint density at radius 3 is 2.17 bits per heavy atom. The molecule has 1 aromatic heterocycles. The van der Waals surface area contributed by atoms with Gasteiger partial charge in [0.2, 0.25) is 5.91 Å². The molecule has 0 fully saturated rings. The molecule has 0 saturated heterocycles. The van der Waals surface area contributed by atoms with E-state index in [2.05, 4.69) is 15.6 Å². The smallest absolute Gasteiger partial charge is 0.229 e. The highest BCUT2D eigenvalue weighted by Crippen LogP contribution is 2.21. The first-order valence-electron chi connectivity index (χ1n) is 9.44. The lowest BCUT2D eigenvalue weighted by Gasteiger charge is -2.11. The van der Waals surface area contributed by atoms with E-state index >= 15 is 0 Å². The van der Waals surface area contributed by atoms with E-state index in [9.17, 15) is 4.79 Å². The van der Waals surface area contributed by atoms with E-state index in [-0.39, 0.29) is 18.4 Å². The molecule has 2 aromatic carbocycles. The monoisotopic (exact) mass is 391 g/mol. The molecule has 1 heterocycles. The summed E-state index contributed by atoms with van der Waals surface area (Å²) in [6.45, 7) is 3.99. The van der Waals surface area contributed by atoms with Crippen LogP contribution in [0.1, 0.15) is 19.4 Å². The molecule has 0 saturated carbocycles. The highest BCUT2D eigenvalue weighted by molar-refractivity contribution is 5.91. The van der Waals surface area contributed by atoms with Gasteiger partial charge in [-0.2, -0.15) is 0 Å². The Bertz CT molecular complexity index is 921. The first kappa shape index (κ1) is 20.2. The quantitative estimate of drug-likeness (QED) is 0.577. The molecular formula is C23H25N3O3. The van der Waals surface area contributed by atoms with Crippen LogP contribution in [0.4, 0.5) is 17.2 Å². The fraction of sp³-hybridized carbons (Fsp3) is 0.217. The van der Waals surface area contributed by atoms with E-state index in [0.717, 1.165) is 28.4 Å². The zero-order chi connectivity index (χ0) is 20.6. The predicted octanol–water partition coefficient (Wildman–Crippen LogP) is 4.80. The van der Waals surface area contributed by atoms with Crippen LogP contribution in [0.25, 0.3) is 0 Å². The molecule has 0 aliphatic heterocycles. The fourth-order valence-corrected chi connectivity index (χ4v) is 2.71. The van der Waals surface area contributed by atoms with E-state index in [0.29, 0.717) is 5.82 Å². The Morgan fingerprint density at radius 1 is 0.931 bits per heavy atom. The Balaban J connectivity index is 1.53. The second-order valence-corrected chi connectivity index (χ2v) is 6.82. The van der Waals surface area contributed by atoms with Crippen molar-refractivity contribution in [1.29, 1.82) is 0 Å². The number of aromatic nitrogens is 1. The number of anilines is 3. The topological polar surface area (TPSA) is 72.5 Å². The number of nitrogens with zero attached hydrogens (tertiary/aromatic N) is 1. The van der Waals surface area contributed by atoms with Crippen LogP contribution in [-0.2, 0) is 11.2 Å². The minimum absolute atomic E-state index is 0.121. The van der Waals surface area contributed by atoms with Crippen molar-refractivity contribution in [3.63, 3.8) is 0 Å². The summed E-state index contributed by atoms with van der Waals surface area (Å²) in [4.78, 5) is 16.5. The molecule has 6 heteroatoms. The zero-order valence-corrected chi connectivity index (χ0v) is 16.8. The van der Waals surface area contributed by atoms with Gasteiger partial charge in [-0.05, 0) is 67.9 Å². The van der Waals surface area contributed by atoms with Crippen molar-refractivity contribution in [2.75, 3.05) is 17.7 Å². The number of nitrogens with one attached hydrogen (secondary N) is 2. The molecule has 29 heavy (non-hydrogen) atoms. The van der Waals surface area contributed by atoms with Crippen LogP contribution in [0.3, 0.4) is 0 Å². The Hall–Kier alpha value is -3.54. The highest BCUT2D eigenvalue weighted by atomic mass is 16.5. The van der Waals surface area contributed by atoms with Gasteiger partial charge in [0.05, 0.1) is 31.5 Å². The van der Waals surface area contributed by atoms with Gasteiger partial charge in [-0.1, -0.05) is 12.1 Å². The van der Waals surface area contributed by atoms with Crippen molar-refractivity contribution in [1.82, 2.24) is 4.98 Å². The van der Waals surface area contributed by atoms with Crippen molar-refractivity contribution >= 4 is 23.1 Å². The van der Waals surface area contributed by atoms with Gasteiger partial charge in [0.15, 0.2) is 0 Å².